The highest BCUT2D eigenvalue weighted by Crippen LogP contribution is 2.31. The van der Waals surface area contributed by atoms with Crippen molar-refractivity contribution in [1.29, 1.82) is 0 Å². The SMILES string of the molecule is COc1ccc2sc(N(CCN(C)C)C(=O)Cc3ccccc3)nc2c1. The van der Waals surface area contributed by atoms with Gasteiger partial charge in [-0.3, -0.25) is 9.69 Å². The number of anilines is 1. The number of carbonyl (C=O) groups excluding carboxylic acids is 1. The van der Waals surface area contributed by atoms with Gasteiger partial charge in [-0.05, 0) is 31.8 Å². The van der Waals surface area contributed by atoms with Gasteiger partial charge in [-0.1, -0.05) is 41.7 Å². The number of hydrogen-bond donors (Lipinski definition) is 0. The van der Waals surface area contributed by atoms with Gasteiger partial charge in [-0.15, -0.1) is 0 Å². The van der Waals surface area contributed by atoms with Gasteiger partial charge >= 0.3 is 0 Å². The predicted octanol–water partition coefficient (Wildman–Crippen LogP) is 3.44. The van der Waals surface area contributed by atoms with Crippen LogP contribution in [0.5, 0.6) is 5.75 Å². The molecule has 1 amide bonds. The molecule has 0 radical (unpaired) electrons. The molecule has 26 heavy (non-hydrogen) atoms. The van der Waals surface area contributed by atoms with Crippen molar-refractivity contribution in [3.05, 3.63) is 54.1 Å². The number of fused-ring (bicyclic) bond motifs is 1. The van der Waals surface area contributed by atoms with Crippen LogP contribution in [-0.4, -0.2) is 50.1 Å². The molecule has 0 spiro atoms. The van der Waals surface area contributed by atoms with E-state index in [4.69, 9.17) is 4.74 Å². The first-order valence-electron chi connectivity index (χ1n) is 8.50. The van der Waals surface area contributed by atoms with E-state index in [9.17, 15) is 4.79 Å². The number of carbonyl (C=O) groups is 1. The molecule has 0 aliphatic rings. The summed E-state index contributed by atoms with van der Waals surface area (Å²) < 4.78 is 6.32. The Kier molecular flexibility index (Phi) is 5.85. The van der Waals surface area contributed by atoms with Crippen molar-refractivity contribution in [3.8, 4) is 5.75 Å². The lowest BCUT2D eigenvalue weighted by atomic mass is 10.1. The number of amides is 1. The minimum absolute atomic E-state index is 0.0593. The van der Waals surface area contributed by atoms with E-state index in [0.717, 1.165) is 33.2 Å². The maximum absolute atomic E-state index is 13.0. The Balaban J connectivity index is 1.88. The lowest BCUT2D eigenvalue weighted by molar-refractivity contribution is -0.118. The lowest BCUT2D eigenvalue weighted by Crippen LogP contribution is -2.37. The molecule has 0 N–H and O–H groups in total. The van der Waals surface area contributed by atoms with Crippen molar-refractivity contribution in [3.63, 3.8) is 0 Å². The molecule has 0 aliphatic carbocycles. The molecule has 6 heteroatoms. The first-order chi connectivity index (χ1) is 12.6. The zero-order chi connectivity index (χ0) is 18.5. The zero-order valence-corrected chi connectivity index (χ0v) is 16.1. The van der Waals surface area contributed by atoms with Gasteiger partial charge < -0.3 is 9.64 Å². The number of aromatic nitrogens is 1. The van der Waals surface area contributed by atoms with Gasteiger partial charge in [-0.25, -0.2) is 4.98 Å². The third-order valence-corrected chi connectivity index (χ3v) is 5.14. The molecule has 0 saturated carbocycles. The summed E-state index contributed by atoms with van der Waals surface area (Å²) in [4.78, 5) is 21.5. The van der Waals surface area contributed by atoms with Crippen LogP contribution in [-0.2, 0) is 11.2 Å². The van der Waals surface area contributed by atoms with Crippen molar-refractivity contribution in [2.45, 2.75) is 6.42 Å². The van der Waals surface area contributed by atoms with Crippen LogP contribution < -0.4 is 9.64 Å². The summed E-state index contributed by atoms with van der Waals surface area (Å²) >= 11 is 1.54. The van der Waals surface area contributed by atoms with Crippen LogP contribution in [0, 0.1) is 0 Å². The number of likely N-dealkylation sites (N-methyl/N-ethyl adjacent to an activating group) is 1. The van der Waals surface area contributed by atoms with E-state index >= 15 is 0 Å². The van der Waals surface area contributed by atoms with Crippen LogP contribution in [0.25, 0.3) is 10.2 Å². The molecule has 0 fully saturated rings. The van der Waals surface area contributed by atoms with Crippen molar-refractivity contribution < 1.29 is 9.53 Å². The predicted molar refractivity (Wildman–Crippen MR) is 107 cm³/mol. The Morgan fingerprint density at radius 1 is 1.12 bits per heavy atom. The first kappa shape index (κ1) is 18.4. The summed E-state index contributed by atoms with van der Waals surface area (Å²) in [5.41, 5.74) is 1.86. The molecule has 1 heterocycles. The monoisotopic (exact) mass is 369 g/mol. The fraction of sp³-hybridized carbons (Fsp3) is 0.300. The van der Waals surface area contributed by atoms with E-state index in [1.165, 1.54) is 11.3 Å². The van der Waals surface area contributed by atoms with E-state index in [-0.39, 0.29) is 5.91 Å². The molecular weight excluding hydrogens is 346 g/mol. The quantitative estimate of drug-likeness (QED) is 0.640. The van der Waals surface area contributed by atoms with Crippen molar-refractivity contribution >= 4 is 32.6 Å². The molecule has 0 unspecified atom stereocenters. The Hall–Kier alpha value is -2.44. The van der Waals surface area contributed by atoms with Crippen molar-refractivity contribution in [1.82, 2.24) is 9.88 Å². The highest BCUT2D eigenvalue weighted by molar-refractivity contribution is 7.22. The second-order valence-corrected chi connectivity index (χ2v) is 7.35. The maximum atomic E-state index is 13.0. The third kappa shape index (κ3) is 4.39. The van der Waals surface area contributed by atoms with Gasteiger partial charge in [0.25, 0.3) is 0 Å². The van der Waals surface area contributed by atoms with Crippen LogP contribution >= 0.6 is 11.3 Å². The summed E-state index contributed by atoms with van der Waals surface area (Å²) in [6.45, 7) is 1.38. The largest absolute Gasteiger partial charge is 0.497 e. The summed E-state index contributed by atoms with van der Waals surface area (Å²) in [6, 6.07) is 15.6. The van der Waals surface area contributed by atoms with Gasteiger partial charge in [0, 0.05) is 19.2 Å². The smallest absolute Gasteiger partial charge is 0.233 e. The van der Waals surface area contributed by atoms with Crippen LogP contribution in [0.2, 0.25) is 0 Å². The number of hydrogen-bond acceptors (Lipinski definition) is 5. The number of methoxy groups -OCH3 is 1. The van der Waals surface area contributed by atoms with Crippen LogP contribution in [0.4, 0.5) is 5.13 Å². The Morgan fingerprint density at radius 3 is 2.58 bits per heavy atom. The fourth-order valence-corrected chi connectivity index (χ4v) is 3.62. The molecule has 0 atom stereocenters. The number of thiazole rings is 1. The van der Waals surface area contributed by atoms with Crippen molar-refractivity contribution in [2.24, 2.45) is 0 Å². The summed E-state index contributed by atoms with van der Waals surface area (Å²) in [5.74, 6) is 0.828. The van der Waals surface area contributed by atoms with E-state index < -0.39 is 0 Å². The van der Waals surface area contributed by atoms with Gasteiger partial charge in [-0.2, -0.15) is 0 Å². The summed E-state index contributed by atoms with van der Waals surface area (Å²) in [5, 5.41) is 0.732. The van der Waals surface area contributed by atoms with Crippen LogP contribution in [0.1, 0.15) is 5.56 Å². The summed E-state index contributed by atoms with van der Waals surface area (Å²) in [6.07, 6.45) is 0.369. The zero-order valence-electron chi connectivity index (χ0n) is 15.3. The normalized spacial score (nSPS) is 11.1. The number of rotatable bonds is 7. The van der Waals surface area contributed by atoms with Gasteiger partial charge in [0.05, 0.1) is 23.7 Å². The molecule has 2 aromatic carbocycles. The Morgan fingerprint density at radius 2 is 1.88 bits per heavy atom. The van der Waals surface area contributed by atoms with E-state index in [1.807, 2.05) is 62.6 Å². The molecule has 1 aromatic heterocycles. The molecule has 3 aromatic rings. The Labute approximate surface area is 157 Å². The fourth-order valence-electron chi connectivity index (χ4n) is 2.63. The standard InChI is InChI=1S/C20H23N3O2S/c1-22(2)11-12-23(19(24)13-15-7-5-4-6-8-15)20-21-17-14-16(25-3)9-10-18(17)26-20/h4-10,14H,11-13H2,1-3H3. The second kappa shape index (κ2) is 8.29. The first-order valence-corrected chi connectivity index (χ1v) is 9.32. The third-order valence-electron chi connectivity index (χ3n) is 4.08. The van der Waals surface area contributed by atoms with Gasteiger partial charge in [0.15, 0.2) is 5.13 Å². The Bertz CT molecular complexity index is 877. The average molecular weight is 369 g/mol. The molecule has 0 bridgehead atoms. The summed E-state index contributed by atoms with van der Waals surface area (Å²) in [7, 11) is 5.65. The molecule has 5 nitrogen and oxygen atoms in total. The lowest BCUT2D eigenvalue weighted by Gasteiger charge is -2.22. The van der Waals surface area contributed by atoms with E-state index in [1.54, 1.807) is 12.0 Å². The minimum Gasteiger partial charge on any atom is -0.497 e. The molecular formula is C20H23N3O2S. The molecule has 0 saturated heterocycles. The molecule has 136 valence electrons. The van der Waals surface area contributed by atoms with E-state index in [2.05, 4.69) is 9.88 Å². The van der Waals surface area contributed by atoms with Crippen LogP contribution in [0.3, 0.4) is 0 Å². The number of ether oxygens (including phenoxy) is 1. The number of nitrogens with zero attached hydrogens (tertiary/aromatic N) is 3. The number of benzene rings is 2. The topological polar surface area (TPSA) is 45.7 Å². The van der Waals surface area contributed by atoms with Gasteiger partial charge in [0.1, 0.15) is 5.75 Å². The molecule has 0 aliphatic heterocycles. The molecule has 3 rings (SSSR count). The second-order valence-electron chi connectivity index (χ2n) is 6.34. The van der Waals surface area contributed by atoms with Crippen LogP contribution in [0.15, 0.2) is 48.5 Å². The van der Waals surface area contributed by atoms with Gasteiger partial charge in [0.2, 0.25) is 5.91 Å². The van der Waals surface area contributed by atoms with E-state index in [0.29, 0.717) is 13.0 Å². The average Bonchev–Trinajstić information content (AvgIpc) is 3.05. The van der Waals surface area contributed by atoms with Crippen molar-refractivity contribution in [2.75, 3.05) is 39.2 Å². The maximum Gasteiger partial charge on any atom is 0.233 e. The highest BCUT2D eigenvalue weighted by atomic mass is 32.1. The minimum atomic E-state index is 0.0593. The highest BCUT2D eigenvalue weighted by Gasteiger charge is 2.20.